The van der Waals surface area contributed by atoms with Gasteiger partial charge in [-0.05, 0) is 48.9 Å². The molecule has 0 heterocycles. The van der Waals surface area contributed by atoms with Crippen LogP contribution in [-0.2, 0) is 9.59 Å². The summed E-state index contributed by atoms with van der Waals surface area (Å²) in [6.45, 7) is 1.90. The number of amides is 2. The van der Waals surface area contributed by atoms with Crippen molar-refractivity contribution in [3.63, 3.8) is 0 Å². The van der Waals surface area contributed by atoms with Gasteiger partial charge in [-0.3, -0.25) is 9.59 Å². The second-order valence-corrected chi connectivity index (χ2v) is 7.63. The quantitative estimate of drug-likeness (QED) is 0.491. The summed E-state index contributed by atoms with van der Waals surface area (Å²) in [4.78, 5) is 25.0. The molecule has 0 aliphatic heterocycles. The molecule has 0 saturated heterocycles. The van der Waals surface area contributed by atoms with Gasteiger partial charge in [-0.1, -0.05) is 40.2 Å². The number of aryl methyl sites for hydroxylation is 1. The summed E-state index contributed by atoms with van der Waals surface area (Å²) in [6, 6.07) is 15.8. The summed E-state index contributed by atoms with van der Waals surface area (Å²) < 4.78 is 0.897. The molecule has 4 nitrogen and oxygen atoms in total. The smallest absolute Gasteiger partial charge is 0.243 e. The van der Waals surface area contributed by atoms with Gasteiger partial charge in [0.1, 0.15) is 0 Å². The first-order valence-corrected chi connectivity index (χ1v) is 9.83. The predicted molar refractivity (Wildman–Crippen MR) is 107 cm³/mol. The molecule has 0 radical (unpaired) electrons. The van der Waals surface area contributed by atoms with Gasteiger partial charge in [-0.15, -0.1) is 11.8 Å². The molecule has 2 amide bonds. The first-order chi connectivity index (χ1) is 12.0. The molecule has 25 heavy (non-hydrogen) atoms. The summed E-state index contributed by atoms with van der Waals surface area (Å²) >= 11 is 5.11. The van der Waals surface area contributed by atoms with Crippen LogP contribution in [0.1, 0.15) is 18.4 Å². The van der Waals surface area contributed by atoms with Crippen molar-refractivity contribution in [1.82, 2.24) is 5.32 Å². The molecule has 2 aromatic carbocycles. The lowest BCUT2D eigenvalue weighted by Gasteiger charge is -2.10. The van der Waals surface area contributed by atoms with E-state index in [0.29, 0.717) is 6.42 Å². The number of halogens is 1. The lowest BCUT2D eigenvalue weighted by atomic mass is 10.2. The normalized spacial score (nSPS) is 10.3. The first-order valence-electron chi connectivity index (χ1n) is 8.05. The van der Waals surface area contributed by atoms with Crippen LogP contribution in [0.3, 0.4) is 0 Å². The van der Waals surface area contributed by atoms with Crippen molar-refractivity contribution in [3.05, 3.63) is 58.6 Å². The van der Waals surface area contributed by atoms with Crippen LogP contribution in [0.2, 0.25) is 0 Å². The van der Waals surface area contributed by atoms with E-state index in [1.807, 2.05) is 43.3 Å². The first kappa shape index (κ1) is 19.5. The Balaban J connectivity index is 1.64. The van der Waals surface area contributed by atoms with Gasteiger partial charge in [0.2, 0.25) is 11.8 Å². The SMILES string of the molecule is Cc1ccc(Br)cc1NC(=O)CNC(=O)CCCSc1ccccc1. The van der Waals surface area contributed by atoms with Crippen molar-refractivity contribution in [2.24, 2.45) is 0 Å². The standard InChI is InChI=1S/C19H21BrN2O2S/c1-14-9-10-15(20)12-17(14)22-19(24)13-21-18(23)8-5-11-25-16-6-3-2-4-7-16/h2-4,6-7,9-10,12H,5,8,11,13H2,1H3,(H,21,23)(H,22,24). The zero-order chi connectivity index (χ0) is 18.1. The molecular formula is C19H21BrN2O2S. The van der Waals surface area contributed by atoms with Crippen LogP contribution in [0.5, 0.6) is 0 Å². The second-order valence-electron chi connectivity index (χ2n) is 5.55. The summed E-state index contributed by atoms with van der Waals surface area (Å²) in [5.41, 5.74) is 1.72. The summed E-state index contributed by atoms with van der Waals surface area (Å²) in [7, 11) is 0. The number of nitrogens with one attached hydrogen (secondary N) is 2. The largest absolute Gasteiger partial charge is 0.347 e. The fourth-order valence-electron chi connectivity index (χ4n) is 2.13. The van der Waals surface area contributed by atoms with Crippen molar-refractivity contribution in [3.8, 4) is 0 Å². The Morgan fingerprint density at radius 1 is 1.08 bits per heavy atom. The highest BCUT2D eigenvalue weighted by atomic mass is 79.9. The van der Waals surface area contributed by atoms with Crippen LogP contribution in [0.25, 0.3) is 0 Å². The fourth-order valence-corrected chi connectivity index (χ4v) is 3.37. The highest BCUT2D eigenvalue weighted by molar-refractivity contribution is 9.10. The minimum absolute atomic E-state index is 0.0172. The third-order valence-corrected chi connectivity index (χ3v) is 5.07. The molecule has 0 bridgehead atoms. The third-order valence-electron chi connectivity index (χ3n) is 3.48. The van der Waals surface area contributed by atoms with Crippen molar-refractivity contribution in [2.75, 3.05) is 17.6 Å². The van der Waals surface area contributed by atoms with Gasteiger partial charge in [-0.25, -0.2) is 0 Å². The molecule has 0 aliphatic rings. The third kappa shape index (κ3) is 7.32. The van der Waals surface area contributed by atoms with Crippen molar-refractivity contribution in [1.29, 1.82) is 0 Å². The van der Waals surface area contributed by atoms with E-state index in [9.17, 15) is 9.59 Å². The van der Waals surface area contributed by atoms with Crippen molar-refractivity contribution < 1.29 is 9.59 Å². The fraction of sp³-hybridized carbons (Fsp3) is 0.263. The maximum absolute atomic E-state index is 12.0. The van der Waals surface area contributed by atoms with E-state index in [4.69, 9.17) is 0 Å². The monoisotopic (exact) mass is 420 g/mol. The average molecular weight is 421 g/mol. The molecule has 6 heteroatoms. The van der Waals surface area contributed by atoms with Crippen LogP contribution < -0.4 is 10.6 Å². The van der Waals surface area contributed by atoms with Gasteiger partial charge < -0.3 is 10.6 Å². The number of anilines is 1. The predicted octanol–water partition coefficient (Wildman–Crippen LogP) is 4.38. The number of hydrogen-bond donors (Lipinski definition) is 2. The summed E-state index contributed by atoms with van der Waals surface area (Å²) in [5, 5.41) is 5.47. The van der Waals surface area contributed by atoms with Gasteiger partial charge in [-0.2, -0.15) is 0 Å². The maximum atomic E-state index is 12.0. The molecule has 0 saturated carbocycles. The van der Waals surface area contributed by atoms with Gasteiger partial charge in [0, 0.05) is 21.5 Å². The van der Waals surface area contributed by atoms with Gasteiger partial charge in [0.15, 0.2) is 0 Å². The van der Waals surface area contributed by atoms with Crippen molar-refractivity contribution in [2.45, 2.75) is 24.7 Å². The van der Waals surface area contributed by atoms with E-state index in [-0.39, 0.29) is 18.4 Å². The molecule has 0 spiro atoms. The van der Waals surface area contributed by atoms with E-state index in [0.717, 1.165) is 27.9 Å². The van der Waals surface area contributed by atoms with Crippen LogP contribution in [0, 0.1) is 6.92 Å². The molecular weight excluding hydrogens is 400 g/mol. The molecule has 0 unspecified atom stereocenters. The molecule has 132 valence electrons. The number of benzene rings is 2. The average Bonchev–Trinajstić information content (AvgIpc) is 2.61. The number of rotatable bonds is 8. The Kier molecular flexibility index (Phi) is 8.01. The number of carbonyl (C=O) groups excluding carboxylic acids is 2. The number of hydrogen-bond acceptors (Lipinski definition) is 3. The molecule has 0 aromatic heterocycles. The minimum Gasteiger partial charge on any atom is -0.347 e. The highest BCUT2D eigenvalue weighted by Gasteiger charge is 2.08. The van der Waals surface area contributed by atoms with Crippen molar-refractivity contribution >= 4 is 45.2 Å². The van der Waals surface area contributed by atoms with Crippen LogP contribution in [0.15, 0.2) is 57.9 Å². The Labute approximate surface area is 160 Å². The Bertz CT molecular complexity index is 723. The summed E-state index contributed by atoms with van der Waals surface area (Å²) in [5.74, 6) is 0.545. The van der Waals surface area contributed by atoms with Gasteiger partial charge in [0.05, 0.1) is 6.54 Å². The molecule has 2 aromatic rings. The Hall–Kier alpha value is -1.79. The lowest BCUT2D eigenvalue weighted by Crippen LogP contribution is -2.32. The maximum Gasteiger partial charge on any atom is 0.243 e. The van der Waals surface area contributed by atoms with E-state index in [2.05, 4.69) is 38.7 Å². The molecule has 0 fully saturated rings. The van der Waals surface area contributed by atoms with Crippen LogP contribution >= 0.6 is 27.7 Å². The van der Waals surface area contributed by atoms with E-state index in [1.165, 1.54) is 4.90 Å². The van der Waals surface area contributed by atoms with Crippen LogP contribution in [-0.4, -0.2) is 24.1 Å². The molecule has 0 atom stereocenters. The lowest BCUT2D eigenvalue weighted by molar-refractivity contribution is -0.124. The van der Waals surface area contributed by atoms with E-state index in [1.54, 1.807) is 11.8 Å². The molecule has 0 aliphatic carbocycles. The van der Waals surface area contributed by atoms with Crippen LogP contribution in [0.4, 0.5) is 5.69 Å². The molecule has 2 rings (SSSR count). The topological polar surface area (TPSA) is 58.2 Å². The second kappa shape index (κ2) is 10.3. The Morgan fingerprint density at radius 2 is 1.84 bits per heavy atom. The highest BCUT2D eigenvalue weighted by Crippen LogP contribution is 2.20. The Morgan fingerprint density at radius 3 is 2.60 bits per heavy atom. The van der Waals surface area contributed by atoms with E-state index >= 15 is 0 Å². The van der Waals surface area contributed by atoms with E-state index < -0.39 is 0 Å². The summed E-state index contributed by atoms with van der Waals surface area (Å²) in [6.07, 6.45) is 1.20. The molecule has 2 N–H and O–H groups in total. The van der Waals surface area contributed by atoms with Gasteiger partial charge >= 0.3 is 0 Å². The zero-order valence-corrected chi connectivity index (χ0v) is 16.5. The number of carbonyl (C=O) groups is 2. The minimum atomic E-state index is -0.229. The zero-order valence-electron chi connectivity index (χ0n) is 14.0. The number of thioether (sulfide) groups is 1. The van der Waals surface area contributed by atoms with Gasteiger partial charge in [0.25, 0.3) is 0 Å².